The fourth-order valence-electron chi connectivity index (χ4n) is 6.16. The average molecular weight is 601 g/mol. The number of likely N-dealkylation sites (tertiary alicyclic amines) is 1. The monoisotopic (exact) mass is 600 g/mol. The first-order valence-corrected chi connectivity index (χ1v) is 15.7. The fourth-order valence-corrected chi connectivity index (χ4v) is 7.10. The quantitative estimate of drug-likeness (QED) is 0.359. The zero-order valence-electron chi connectivity index (χ0n) is 24.5. The van der Waals surface area contributed by atoms with Gasteiger partial charge in [0.1, 0.15) is 11.5 Å². The minimum absolute atomic E-state index is 0.0341. The van der Waals surface area contributed by atoms with Crippen molar-refractivity contribution in [3.63, 3.8) is 0 Å². The molecule has 6 rings (SSSR count). The molecule has 0 spiro atoms. The second-order valence-corrected chi connectivity index (χ2v) is 12.3. The molecule has 0 saturated carbocycles. The molecule has 224 valence electrons. The van der Waals surface area contributed by atoms with Gasteiger partial charge in [-0.3, -0.25) is 14.4 Å². The van der Waals surface area contributed by atoms with Crippen molar-refractivity contribution < 1.29 is 23.6 Å². The molecule has 4 aromatic rings. The van der Waals surface area contributed by atoms with Gasteiger partial charge in [0.25, 0.3) is 5.91 Å². The van der Waals surface area contributed by atoms with E-state index in [0.717, 1.165) is 39.1 Å². The molecule has 1 N–H and O–H groups in total. The summed E-state index contributed by atoms with van der Waals surface area (Å²) in [6.07, 6.45) is 2.24. The van der Waals surface area contributed by atoms with Gasteiger partial charge in [-0.2, -0.15) is 0 Å². The van der Waals surface area contributed by atoms with Crippen LogP contribution in [0.5, 0.6) is 5.75 Å². The van der Waals surface area contributed by atoms with E-state index in [-0.39, 0.29) is 42.6 Å². The molecule has 2 bridgehead atoms. The minimum atomic E-state index is -0.307. The predicted octanol–water partition coefficient (Wildman–Crippen LogP) is 4.86. The predicted molar refractivity (Wildman–Crippen MR) is 164 cm³/mol. The number of amides is 3. The first-order chi connectivity index (χ1) is 20.9. The lowest BCUT2D eigenvalue weighted by Crippen LogP contribution is -2.47. The number of carbonyl (C=O) groups is 3. The molecule has 2 aliphatic rings. The highest BCUT2D eigenvalue weighted by molar-refractivity contribution is 7.17. The lowest BCUT2D eigenvalue weighted by atomic mass is 9.94. The molecule has 0 unspecified atom stereocenters. The van der Waals surface area contributed by atoms with Crippen molar-refractivity contribution in [1.82, 2.24) is 20.3 Å². The number of nitrogens with zero attached hydrogens (tertiary/aromatic N) is 3. The highest BCUT2D eigenvalue weighted by atomic mass is 32.1. The molecule has 0 radical (unpaired) electrons. The van der Waals surface area contributed by atoms with E-state index in [9.17, 15) is 14.4 Å². The highest BCUT2D eigenvalue weighted by Crippen LogP contribution is 2.33. The smallest absolute Gasteiger partial charge is 0.255 e. The SMILES string of the molecule is Cc1noc(C)c1CCC(=O)N1CCCCOc2cccc(c2)[C@H]2CN(C(=O)c3csc4ccccc34)C[C@@H]2NC(=O)C1. The molecule has 0 aliphatic carbocycles. The van der Waals surface area contributed by atoms with Gasteiger partial charge >= 0.3 is 0 Å². The normalized spacial score (nSPS) is 19.4. The molecule has 10 heteroatoms. The van der Waals surface area contributed by atoms with E-state index in [0.29, 0.717) is 50.4 Å². The first kappa shape index (κ1) is 28.9. The number of hydrogen-bond acceptors (Lipinski definition) is 7. The van der Waals surface area contributed by atoms with Gasteiger partial charge in [0.15, 0.2) is 0 Å². The van der Waals surface area contributed by atoms with Crippen molar-refractivity contribution in [1.29, 1.82) is 0 Å². The summed E-state index contributed by atoms with van der Waals surface area (Å²) in [7, 11) is 0. The summed E-state index contributed by atoms with van der Waals surface area (Å²) in [5.74, 6) is 1.01. The third-order valence-corrected chi connectivity index (χ3v) is 9.46. The Morgan fingerprint density at radius 3 is 2.77 bits per heavy atom. The van der Waals surface area contributed by atoms with Gasteiger partial charge < -0.3 is 24.4 Å². The summed E-state index contributed by atoms with van der Waals surface area (Å²) in [4.78, 5) is 44.1. The number of nitrogens with one attached hydrogen (secondary N) is 1. The van der Waals surface area contributed by atoms with Gasteiger partial charge in [-0.25, -0.2) is 0 Å². The maximum atomic E-state index is 13.8. The molecule has 4 heterocycles. The molecule has 2 aliphatic heterocycles. The summed E-state index contributed by atoms with van der Waals surface area (Å²) in [5, 5.41) is 10.0. The lowest BCUT2D eigenvalue weighted by molar-refractivity contribution is -0.136. The standard InChI is InChI=1S/C33H36N4O5S/c1-21-25(22(2)42-35-21)12-13-32(39)36-14-5-6-15-41-24-9-7-8-23(16-24)27-17-37(18-29(27)34-31(38)19-36)33(40)28-20-43-30-11-4-3-10-26(28)30/h3-4,7-11,16,20,27,29H,5-6,12-15,17-19H2,1-2H3,(H,34,38)/t27-,29+/m1/s1. The van der Waals surface area contributed by atoms with Crippen LogP contribution in [0.15, 0.2) is 58.4 Å². The molecule has 2 atom stereocenters. The Morgan fingerprint density at radius 1 is 1.07 bits per heavy atom. The summed E-state index contributed by atoms with van der Waals surface area (Å²) in [5.41, 5.74) is 3.42. The van der Waals surface area contributed by atoms with E-state index in [1.165, 1.54) is 0 Å². The summed E-state index contributed by atoms with van der Waals surface area (Å²) >= 11 is 1.56. The number of carbonyl (C=O) groups excluding carboxylic acids is 3. The van der Waals surface area contributed by atoms with Gasteiger partial charge in [0, 0.05) is 53.0 Å². The fraction of sp³-hybridized carbons (Fsp3) is 0.394. The molecular weight excluding hydrogens is 564 g/mol. The number of ether oxygens (including phenoxy) is 1. The average Bonchev–Trinajstić information content (AvgIpc) is 3.71. The van der Waals surface area contributed by atoms with Crippen LogP contribution in [0.1, 0.15) is 58.1 Å². The summed E-state index contributed by atoms with van der Waals surface area (Å²) in [6, 6.07) is 15.6. The molecule has 1 saturated heterocycles. The van der Waals surface area contributed by atoms with Crippen molar-refractivity contribution in [2.75, 3.05) is 32.8 Å². The highest BCUT2D eigenvalue weighted by Gasteiger charge is 2.38. The number of hydrogen-bond donors (Lipinski definition) is 1. The van der Waals surface area contributed by atoms with Crippen LogP contribution < -0.4 is 10.1 Å². The lowest BCUT2D eigenvalue weighted by Gasteiger charge is -2.26. The third-order valence-electron chi connectivity index (χ3n) is 8.50. The number of fused-ring (bicyclic) bond motifs is 5. The van der Waals surface area contributed by atoms with Crippen LogP contribution in [-0.4, -0.2) is 71.5 Å². The summed E-state index contributed by atoms with van der Waals surface area (Å²) < 4.78 is 12.4. The van der Waals surface area contributed by atoms with Crippen LogP contribution in [0.3, 0.4) is 0 Å². The zero-order chi connectivity index (χ0) is 29.9. The van der Waals surface area contributed by atoms with E-state index in [1.54, 1.807) is 16.2 Å². The Hall–Kier alpha value is -4.18. The van der Waals surface area contributed by atoms with Crippen LogP contribution in [0.4, 0.5) is 0 Å². The van der Waals surface area contributed by atoms with Gasteiger partial charge in [0.05, 0.1) is 30.5 Å². The Morgan fingerprint density at radius 2 is 1.93 bits per heavy atom. The van der Waals surface area contributed by atoms with Gasteiger partial charge in [-0.15, -0.1) is 11.3 Å². The Balaban J connectivity index is 1.22. The Labute approximate surface area is 254 Å². The number of aryl methyl sites for hydroxylation is 2. The van der Waals surface area contributed by atoms with Gasteiger partial charge in [-0.05, 0) is 56.9 Å². The maximum absolute atomic E-state index is 13.8. The van der Waals surface area contributed by atoms with Crippen LogP contribution in [0.25, 0.3) is 10.1 Å². The second-order valence-electron chi connectivity index (χ2n) is 11.4. The van der Waals surface area contributed by atoms with E-state index in [2.05, 4.69) is 10.5 Å². The van der Waals surface area contributed by atoms with E-state index < -0.39 is 0 Å². The first-order valence-electron chi connectivity index (χ1n) is 14.8. The van der Waals surface area contributed by atoms with Crippen molar-refractivity contribution in [2.45, 2.75) is 51.5 Å². The van der Waals surface area contributed by atoms with Crippen LogP contribution in [0.2, 0.25) is 0 Å². The molecule has 9 nitrogen and oxygen atoms in total. The van der Waals surface area contributed by atoms with E-state index >= 15 is 0 Å². The maximum Gasteiger partial charge on any atom is 0.255 e. The summed E-state index contributed by atoms with van der Waals surface area (Å²) in [6.45, 7) is 5.50. The third kappa shape index (κ3) is 6.29. The van der Waals surface area contributed by atoms with Gasteiger partial charge in [0.2, 0.25) is 11.8 Å². The van der Waals surface area contributed by atoms with Gasteiger partial charge in [-0.1, -0.05) is 35.5 Å². The van der Waals surface area contributed by atoms with Crippen LogP contribution >= 0.6 is 11.3 Å². The largest absolute Gasteiger partial charge is 0.494 e. The number of benzene rings is 2. The molecule has 1 fully saturated rings. The minimum Gasteiger partial charge on any atom is -0.494 e. The van der Waals surface area contributed by atoms with Crippen LogP contribution in [0, 0.1) is 13.8 Å². The molecule has 43 heavy (non-hydrogen) atoms. The van der Waals surface area contributed by atoms with E-state index in [1.807, 2.05) is 72.7 Å². The second kappa shape index (κ2) is 12.6. The van der Waals surface area contributed by atoms with Crippen molar-refractivity contribution in [3.8, 4) is 5.75 Å². The van der Waals surface area contributed by atoms with Crippen molar-refractivity contribution in [3.05, 3.63) is 82.1 Å². The Bertz CT molecular complexity index is 1630. The topological polar surface area (TPSA) is 105 Å². The zero-order valence-corrected chi connectivity index (χ0v) is 25.3. The number of rotatable bonds is 4. The molecule has 2 aromatic heterocycles. The number of thiophene rings is 1. The molecular formula is C33H36N4O5S. The Kier molecular flexibility index (Phi) is 8.47. The van der Waals surface area contributed by atoms with Crippen LogP contribution in [-0.2, 0) is 16.0 Å². The molecule has 2 aromatic carbocycles. The van der Waals surface area contributed by atoms with E-state index in [4.69, 9.17) is 9.26 Å². The van der Waals surface area contributed by atoms with Crippen molar-refractivity contribution in [2.24, 2.45) is 0 Å². The van der Waals surface area contributed by atoms with Crippen molar-refractivity contribution >= 4 is 39.1 Å². The molecule has 3 amide bonds. The number of aromatic nitrogens is 1.